The fraction of sp³-hybridized carbons (Fsp3) is 0.533. The third-order valence-corrected chi connectivity index (χ3v) is 9.95. The van der Waals surface area contributed by atoms with Gasteiger partial charge in [0.2, 0.25) is 0 Å². The zero-order valence-corrected chi connectivity index (χ0v) is 25.7. The van der Waals surface area contributed by atoms with Gasteiger partial charge in [-0.25, -0.2) is 14.6 Å². The number of esters is 1. The Hall–Kier alpha value is -3.75. The van der Waals surface area contributed by atoms with Crippen LogP contribution in [-0.4, -0.2) is 56.8 Å². The predicted octanol–water partition coefficient (Wildman–Crippen LogP) is 4.00. The van der Waals surface area contributed by atoms with Gasteiger partial charge in [-0.1, -0.05) is 18.1 Å². The number of nitrogens with zero attached hydrogens (tertiary/aromatic N) is 3. The van der Waals surface area contributed by atoms with Gasteiger partial charge < -0.3 is 19.0 Å². The van der Waals surface area contributed by atoms with E-state index in [-0.39, 0.29) is 43.0 Å². The second kappa shape index (κ2) is 12.0. The van der Waals surface area contributed by atoms with Gasteiger partial charge in [0.15, 0.2) is 18.1 Å². The molecule has 0 saturated heterocycles. The first-order chi connectivity index (χ1) is 21.1. The van der Waals surface area contributed by atoms with Crippen LogP contribution in [-0.2, 0) is 35.5 Å². The van der Waals surface area contributed by atoms with Crippen molar-refractivity contribution in [1.82, 2.24) is 10.3 Å². The maximum atomic E-state index is 12.0. The molecule has 6 rings (SSSR count). The van der Waals surface area contributed by atoms with Gasteiger partial charge in [0.25, 0.3) is 0 Å². The molecule has 13 nitrogen and oxygen atoms in total. The fourth-order valence-electron chi connectivity index (χ4n) is 7.50. The number of carbonyl (C=O) groups excluding carboxylic acids is 1. The molecular formula is C30H36N4O9S. The number of nitrogens with two attached hydrogens (primary N) is 1. The van der Waals surface area contributed by atoms with Gasteiger partial charge in [-0.2, -0.15) is 8.42 Å². The van der Waals surface area contributed by atoms with Crippen LogP contribution in [0.15, 0.2) is 40.1 Å². The van der Waals surface area contributed by atoms with Crippen molar-refractivity contribution >= 4 is 33.0 Å². The minimum atomic E-state index is -4.08. The molecule has 3 aliphatic carbocycles. The Kier molecular flexibility index (Phi) is 8.24. The predicted molar refractivity (Wildman–Crippen MR) is 157 cm³/mol. The van der Waals surface area contributed by atoms with Gasteiger partial charge in [-0.3, -0.25) is 4.18 Å². The molecule has 2 fully saturated rings. The molecule has 0 bridgehead atoms. The zero-order chi connectivity index (χ0) is 31.1. The van der Waals surface area contributed by atoms with Crippen LogP contribution in [0.3, 0.4) is 0 Å². The third-order valence-electron chi connectivity index (χ3n) is 9.45. The maximum Gasteiger partial charge on any atom is 0.344 e. The number of oxime groups is 1. The van der Waals surface area contributed by atoms with Crippen LogP contribution in [0.5, 0.6) is 11.5 Å². The van der Waals surface area contributed by atoms with Crippen LogP contribution >= 0.6 is 0 Å². The number of hydrogen-bond donors (Lipinski definition) is 1. The van der Waals surface area contributed by atoms with E-state index in [4.69, 9.17) is 33.0 Å². The van der Waals surface area contributed by atoms with Crippen molar-refractivity contribution in [3.63, 3.8) is 0 Å². The molecule has 4 unspecified atom stereocenters. The van der Waals surface area contributed by atoms with Crippen LogP contribution < -0.4 is 14.6 Å². The molecule has 0 spiro atoms. The number of fused-ring (bicyclic) bond motifs is 6. The molecule has 2 saturated carbocycles. The summed E-state index contributed by atoms with van der Waals surface area (Å²) >= 11 is 0. The van der Waals surface area contributed by atoms with Crippen LogP contribution in [0.4, 0.5) is 0 Å². The summed E-state index contributed by atoms with van der Waals surface area (Å²) in [5, 5.41) is 17.7. The average Bonchev–Trinajstić information content (AvgIpc) is 3.58. The van der Waals surface area contributed by atoms with Crippen molar-refractivity contribution in [2.24, 2.45) is 27.5 Å². The molecule has 0 amide bonds. The highest BCUT2D eigenvalue weighted by atomic mass is 32.2. The van der Waals surface area contributed by atoms with Gasteiger partial charge in [-0.15, -0.1) is 0 Å². The van der Waals surface area contributed by atoms with Crippen molar-refractivity contribution in [3.05, 3.63) is 47.0 Å². The molecule has 2 N–H and O–H groups in total. The monoisotopic (exact) mass is 628 g/mol. The summed E-state index contributed by atoms with van der Waals surface area (Å²) in [5.41, 5.74) is 4.42. The second-order valence-corrected chi connectivity index (χ2v) is 13.0. The van der Waals surface area contributed by atoms with Gasteiger partial charge in [0.05, 0.1) is 25.5 Å². The second-order valence-electron chi connectivity index (χ2n) is 11.9. The van der Waals surface area contributed by atoms with E-state index in [0.29, 0.717) is 35.4 Å². The lowest BCUT2D eigenvalue weighted by molar-refractivity contribution is -0.145. The topological polar surface area (TPSA) is 175 Å². The Bertz CT molecular complexity index is 1690. The van der Waals surface area contributed by atoms with Crippen molar-refractivity contribution in [1.29, 1.82) is 0 Å². The lowest BCUT2D eigenvalue weighted by atomic mass is 9.55. The maximum absolute atomic E-state index is 12.0. The van der Waals surface area contributed by atoms with E-state index in [1.54, 1.807) is 20.1 Å². The summed E-state index contributed by atoms with van der Waals surface area (Å²) in [7, 11) is -2.53. The lowest BCUT2D eigenvalue weighted by Gasteiger charge is -2.50. The van der Waals surface area contributed by atoms with E-state index in [1.165, 1.54) is 0 Å². The van der Waals surface area contributed by atoms with Gasteiger partial charge in [0.1, 0.15) is 17.6 Å². The molecule has 5 atom stereocenters. The van der Waals surface area contributed by atoms with Crippen molar-refractivity contribution in [2.45, 2.75) is 64.6 Å². The Morgan fingerprint density at radius 3 is 2.73 bits per heavy atom. The molecule has 14 heteroatoms. The van der Waals surface area contributed by atoms with Crippen molar-refractivity contribution < 1.29 is 41.1 Å². The van der Waals surface area contributed by atoms with Crippen LogP contribution in [0.2, 0.25) is 0 Å². The summed E-state index contributed by atoms with van der Waals surface area (Å²) in [5.74, 6) is 0.930. The molecule has 3 aliphatic rings. The van der Waals surface area contributed by atoms with Gasteiger partial charge in [0, 0.05) is 5.56 Å². The molecule has 0 aliphatic heterocycles. The molecule has 0 radical (unpaired) electrons. The van der Waals surface area contributed by atoms with E-state index in [2.05, 4.69) is 22.4 Å². The van der Waals surface area contributed by atoms with E-state index in [1.807, 2.05) is 24.3 Å². The zero-order valence-electron chi connectivity index (χ0n) is 24.9. The average molecular weight is 629 g/mol. The Labute approximate surface area is 255 Å². The van der Waals surface area contributed by atoms with Crippen LogP contribution in [0.1, 0.15) is 68.6 Å². The molecule has 3 aromatic rings. The van der Waals surface area contributed by atoms with Gasteiger partial charge in [-0.05, 0) is 108 Å². The first-order valence-corrected chi connectivity index (χ1v) is 16.2. The number of benzene rings is 2. The molecule has 44 heavy (non-hydrogen) atoms. The smallest absolute Gasteiger partial charge is 0.344 e. The number of ether oxygens (including phenoxy) is 3. The number of aromatic nitrogens is 2. The number of rotatable bonds is 10. The first kappa shape index (κ1) is 30.3. The third kappa shape index (κ3) is 5.85. The summed E-state index contributed by atoms with van der Waals surface area (Å²) < 4.78 is 50.5. The summed E-state index contributed by atoms with van der Waals surface area (Å²) in [6.07, 6.45) is 3.15. The Morgan fingerprint density at radius 1 is 1.14 bits per heavy atom. The van der Waals surface area contributed by atoms with E-state index in [0.717, 1.165) is 41.7 Å². The minimum absolute atomic E-state index is 0.159. The quantitative estimate of drug-likeness (QED) is 0.254. The number of carbonyl (C=O) groups is 1. The SMILES string of the molecule is CCOC(=O)COc1cc2c(cc1OC)C1CC[C@]3(C)C(OS(N)(=O)=O)CCC3C1C/C2=N\OCc1ccc2nonc2c1. The number of methoxy groups -OCH3 is 1. The fourth-order valence-corrected chi connectivity index (χ4v) is 8.14. The Balaban J connectivity index is 1.33. The largest absolute Gasteiger partial charge is 0.493 e. The van der Waals surface area contributed by atoms with E-state index >= 15 is 0 Å². The highest BCUT2D eigenvalue weighted by molar-refractivity contribution is 7.84. The van der Waals surface area contributed by atoms with E-state index in [9.17, 15) is 13.2 Å². The normalized spacial score (nSPS) is 27.0. The summed E-state index contributed by atoms with van der Waals surface area (Å²) in [4.78, 5) is 18.0. The van der Waals surface area contributed by atoms with Crippen molar-refractivity contribution in [2.75, 3.05) is 20.3 Å². The highest BCUT2D eigenvalue weighted by Gasteiger charge is 2.57. The molecule has 2 aromatic carbocycles. The standard InChI is InChI=1S/C30H36N4O9S/c1-4-39-29(35)16-40-27-14-21-19(13-26(27)38-3)18-9-10-30(2)22(6-8-28(30)42-44(31,36)37)20(18)12-24(21)32-41-15-17-5-7-23-25(11-17)34-43-33-23/h5,7,11,13-14,18,20,22,28H,4,6,8-10,12,15-16H2,1-3H3,(H2,31,36,37)/b32-24+/t18?,20?,22?,28?,30-/m0/s1. The summed E-state index contributed by atoms with van der Waals surface area (Å²) in [6.45, 7) is 4.04. The van der Waals surface area contributed by atoms with Crippen molar-refractivity contribution in [3.8, 4) is 11.5 Å². The first-order valence-electron chi connectivity index (χ1n) is 14.7. The number of hydrogen-bond acceptors (Lipinski definition) is 12. The van der Waals surface area contributed by atoms with E-state index < -0.39 is 22.4 Å². The molecule has 1 aromatic heterocycles. The van der Waals surface area contributed by atoms with Crippen LogP contribution in [0, 0.1) is 17.3 Å². The lowest BCUT2D eigenvalue weighted by Crippen LogP contribution is -2.46. The molecule has 1 heterocycles. The molecular weight excluding hydrogens is 592 g/mol. The van der Waals surface area contributed by atoms with Gasteiger partial charge >= 0.3 is 16.3 Å². The highest BCUT2D eigenvalue weighted by Crippen LogP contribution is 2.62. The molecule has 236 valence electrons. The summed E-state index contributed by atoms with van der Waals surface area (Å²) in [6, 6.07) is 9.33. The Morgan fingerprint density at radius 2 is 1.95 bits per heavy atom. The van der Waals surface area contributed by atoms with Crippen LogP contribution in [0.25, 0.3) is 11.0 Å². The minimum Gasteiger partial charge on any atom is -0.493 e.